The lowest BCUT2D eigenvalue weighted by molar-refractivity contribution is -0.118. The summed E-state index contributed by atoms with van der Waals surface area (Å²) < 4.78 is 0. The predicted molar refractivity (Wildman–Crippen MR) is 105 cm³/mol. The number of carbonyl (C=O) groups excluding carboxylic acids is 2. The Hall–Kier alpha value is -1.98. The van der Waals surface area contributed by atoms with Crippen molar-refractivity contribution in [2.75, 3.05) is 17.2 Å². The average Bonchev–Trinajstić information content (AvgIpc) is 2.61. The second-order valence-corrected chi connectivity index (χ2v) is 7.37. The molecule has 25 heavy (non-hydrogen) atoms. The first-order chi connectivity index (χ1) is 12.0. The number of amides is 2. The van der Waals surface area contributed by atoms with Crippen LogP contribution in [0.15, 0.2) is 54.6 Å². The molecule has 0 aliphatic rings. The quantitative estimate of drug-likeness (QED) is 0.756. The molecule has 6 heteroatoms. The van der Waals surface area contributed by atoms with Crippen molar-refractivity contribution in [2.45, 2.75) is 18.6 Å². The number of nitrogens with two attached hydrogens (primary N) is 1. The maximum absolute atomic E-state index is 12.7. The van der Waals surface area contributed by atoms with Gasteiger partial charge >= 0.3 is 0 Å². The molecule has 2 aromatic rings. The number of primary amides is 1. The van der Waals surface area contributed by atoms with E-state index >= 15 is 0 Å². The number of rotatable bonds is 8. The summed E-state index contributed by atoms with van der Waals surface area (Å²) in [5.41, 5.74) is 7.12. The van der Waals surface area contributed by atoms with Gasteiger partial charge in [0.05, 0.1) is 5.75 Å². The number of benzene rings is 2. The first-order valence-corrected chi connectivity index (χ1v) is 9.41. The molecular formula is C19H21ClN2O2S. The van der Waals surface area contributed by atoms with Gasteiger partial charge in [0.2, 0.25) is 11.8 Å². The van der Waals surface area contributed by atoms with Gasteiger partial charge < -0.3 is 10.6 Å². The van der Waals surface area contributed by atoms with Crippen molar-refractivity contribution in [3.63, 3.8) is 0 Å². The monoisotopic (exact) mass is 376 g/mol. The Bertz CT molecular complexity index is 707. The van der Waals surface area contributed by atoms with Crippen LogP contribution in [0.4, 0.5) is 5.69 Å². The number of anilines is 1. The van der Waals surface area contributed by atoms with E-state index in [0.717, 1.165) is 11.3 Å². The van der Waals surface area contributed by atoms with Gasteiger partial charge in [-0.05, 0) is 36.8 Å². The van der Waals surface area contributed by atoms with E-state index in [0.29, 0.717) is 10.8 Å². The second-order valence-electron chi connectivity index (χ2n) is 5.60. The molecule has 2 N–H and O–H groups in total. The maximum Gasteiger partial charge on any atom is 0.237 e. The van der Waals surface area contributed by atoms with Crippen LogP contribution in [0.5, 0.6) is 0 Å². The lowest BCUT2D eigenvalue weighted by atomic mass is 10.2. The van der Waals surface area contributed by atoms with Gasteiger partial charge in [-0.3, -0.25) is 9.59 Å². The van der Waals surface area contributed by atoms with Crippen molar-refractivity contribution in [1.29, 1.82) is 0 Å². The van der Waals surface area contributed by atoms with Crippen LogP contribution < -0.4 is 10.6 Å². The predicted octanol–water partition coefficient (Wildman–Crippen LogP) is 4.04. The van der Waals surface area contributed by atoms with Crippen LogP contribution in [0.2, 0.25) is 5.02 Å². The highest BCUT2D eigenvalue weighted by Gasteiger charge is 2.18. The summed E-state index contributed by atoms with van der Waals surface area (Å²) in [6.45, 7) is 2.34. The van der Waals surface area contributed by atoms with Gasteiger partial charge in [0, 0.05) is 28.9 Å². The topological polar surface area (TPSA) is 63.4 Å². The van der Waals surface area contributed by atoms with Gasteiger partial charge in [0.15, 0.2) is 0 Å². The smallest absolute Gasteiger partial charge is 0.237 e. The van der Waals surface area contributed by atoms with E-state index in [1.165, 1.54) is 0 Å². The molecule has 1 unspecified atom stereocenters. The molecular weight excluding hydrogens is 356 g/mol. The molecule has 0 heterocycles. The minimum absolute atomic E-state index is 0.0433. The van der Waals surface area contributed by atoms with Gasteiger partial charge in [-0.1, -0.05) is 41.9 Å². The summed E-state index contributed by atoms with van der Waals surface area (Å²) in [5, 5.41) is 0.855. The SMILES string of the molecule is CC(SCC(=O)N(CCC(N)=O)c1ccccc1)c1ccc(Cl)cc1. The summed E-state index contributed by atoms with van der Waals surface area (Å²) in [4.78, 5) is 25.4. The Labute approximate surface area is 157 Å². The zero-order valence-electron chi connectivity index (χ0n) is 14.0. The molecule has 0 spiro atoms. The fraction of sp³-hybridized carbons (Fsp3) is 0.263. The first kappa shape index (κ1) is 19.3. The number of hydrogen-bond donors (Lipinski definition) is 1. The largest absolute Gasteiger partial charge is 0.370 e. The average molecular weight is 377 g/mol. The van der Waals surface area contributed by atoms with Crippen LogP contribution in [0.1, 0.15) is 24.2 Å². The van der Waals surface area contributed by atoms with Crippen LogP contribution in [-0.2, 0) is 9.59 Å². The molecule has 2 aromatic carbocycles. The summed E-state index contributed by atoms with van der Waals surface area (Å²) in [7, 11) is 0. The minimum Gasteiger partial charge on any atom is -0.370 e. The van der Waals surface area contributed by atoms with Crippen LogP contribution in [0, 0.1) is 0 Å². The summed E-state index contributed by atoms with van der Waals surface area (Å²) in [6.07, 6.45) is 0.137. The van der Waals surface area contributed by atoms with E-state index in [2.05, 4.69) is 6.92 Å². The van der Waals surface area contributed by atoms with Gasteiger partial charge in [-0.25, -0.2) is 0 Å². The highest BCUT2D eigenvalue weighted by atomic mass is 35.5. The van der Waals surface area contributed by atoms with E-state index in [1.807, 2.05) is 54.6 Å². The molecule has 2 rings (SSSR count). The van der Waals surface area contributed by atoms with Crippen molar-refractivity contribution >= 4 is 40.9 Å². The zero-order valence-corrected chi connectivity index (χ0v) is 15.6. The molecule has 0 aliphatic heterocycles. The molecule has 0 radical (unpaired) electrons. The Balaban J connectivity index is 2.01. The van der Waals surface area contributed by atoms with E-state index in [1.54, 1.807) is 16.7 Å². The molecule has 2 amide bonds. The van der Waals surface area contributed by atoms with Crippen molar-refractivity contribution in [1.82, 2.24) is 0 Å². The Kier molecular flexibility index (Phi) is 7.34. The number of hydrogen-bond acceptors (Lipinski definition) is 3. The third kappa shape index (κ3) is 6.11. The fourth-order valence-corrected chi connectivity index (χ4v) is 3.36. The molecule has 0 fully saturated rings. The normalized spacial score (nSPS) is 11.8. The Morgan fingerprint density at radius 1 is 1.12 bits per heavy atom. The third-order valence-corrected chi connectivity index (χ3v) is 5.18. The number of thioether (sulfide) groups is 1. The molecule has 0 bridgehead atoms. The number of para-hydroxylation sites is 1. The van der Waals surface area contributed by atoms with E-state index in [9.17, 15) is 9.59 Å². The molecule has 0 aliphatic carbocycles. The van der Waals surface area contributed by atoms with Crippen molar-refractivity contribution in [3.8, 4) is 0 Å². The fourth-order valence-electron chi connectivity index (χ4n) is 2.33. The number of nitrogens with zero attached hydrogens (tertiary/aromatic N) is 1. The Morgan fingerprint density at radius 3 is 2.36 bits per heavy atom. The molecule has 132 valence electrons. The standard InChI is InChI=1S/C19H21ClN2O2S/c1-14(15-7-9-16(20)10-8-15)25-13-19(24)22(12-11-18(21)23)17-5-3-2-4-6-17/h2-10,14H,11-13H2,1H3,(H2,21,23). The highest BCUT2D eigenvalue weighted by Crippen LogP contribution is 2.29. The Morgan fingerprint density at radius 2 is 1.76 bits per heavy atom. The van der Waals surface area contributed by atoms with E-state index in [-0.39, 0.29) is 24.1 Å². The molecule has 4 nitrogen and oxygen atoms in total. The van der Waals surface area contributed by atoms with Crippen LogP contribution in [0.25, 0.3) is 0 Å². The van der Waals surface area contributed by atoms with Gasteiger partial charge in [0.1, 0.15) is 0 Å². The first-order valence-electron chi connectivity index (χ1n) is 7.98. The van der Waals surface area contributed by atoms with Gasteiger partial charge in [0.25, 0.3) is 0 Å². The zero-order chi connectivity index (χ0) is 18.2. The summed E-state index contributed by atoms with van der Waals surface area (Å²) >= 11 is 7.46. The van der Waals surface area contributed by atoms with Crippen molar-refractivity contribution in [2.24, 2.45) is 5.73 Å². The van der Waals surface area contributed by atoms with Crippen LogP contribution in [-0.4, -0.2) is 24.1 Å². The van der Waals surface area contributed by atoms with Crippen LogP contribution in [0.3, 0.4) is 0 Å². The number of halogens is 1. The van der Waals surface area contributed by atoms with E-state index < -0.39 is 5.91 Å². The van der Waals surface area contributed by atoms with Gasteiger partial charge in [-0.2, -0.15) is 0 Å². The van der Waals surface area contributed by atoms with Gasteiger partial charge in [-0.15, -0.1) is 11.8 Å². The maximum atomic E-state index is 12.7. The van der Waals surface area contributed by atoms with E-state index in [4.69, 9.17) is 17.3 Å². The summed E-state index contributed by atoms with van der Waals surface area (Å²) in [6, 6.07) is 16.9. The molecule has 0 saturated carbocycles. The van der Waals surface area contributed by atoms with Crippen LogP contribution >= 0.6 is 23.4 Å². The third-order valence-electron chi connectivity index (χ3n) is 3.75. The highest BCUT2D eigenvalue weighted by molar-refractivity contribution is 8.00. The second kappa shape index (κ2) is 9.49. The lowest BCUT2D eigenvalue weighted by Crippen LogP contribution is -2.35. The lowest BCUT2D eigenvalue weighted by Gasteiger charge is -2.23. The molecule has 1 atom stereocenters. The number of carbonyl (C=O) groups is 2. The van der Waals surface area contributed by atoms with Crippen molar-refractivity contribution in [3.05, 3.63) is 65.2 Å². The molecule has 0 saturated heterocycles. The minimum atomic E-state index is -0.420. The molecule has 0 aromatic heterocycles. The summed E-state index contributed by atoms with van der Waals surface area (Å²) in [5.74, 6) is -0.147. The van der Waals surface area contributed by atoms with Crippen molar-refractivity contribution < 1.29 is 9.59 Å².